The summed E-state index contributed by atoms with van der Waals surface area (Å²) in [7, 11) is 1.64. The second-order valence-electron chi connectivity index (χ2n) is 8.18. The fraction of sp³-hybridized carbons (Fsp3) is 0.375. The summed E-state index contributed by atoms with van der Waals surface area (Å²) in [6.07, 6.45) is 3.19. The van der Waals surface area contributed by atoms with Crippen LogP contribution in [0.3, 0.4) is 0 Å². The molecule has 1 fully saturated rings. The van der Waals surface area contributed by atoms with E-state index >= 15 is 0 Å². The molecule has 1 aromatic heterocycles. The van der Waals surface area contributed by atoms with Gasteiger partial charge < -0.3 is 9.64 Å². The van der Waals surface area contributed by atoms with Crippen molar-refractivity contribution in [2.24, 2.45) is 5.92 Å². The molecular weight excluding hydrogens is 414 g/mol. The number of aryl methyl sites for hydroxylation is 1. The third kappa shape index (κ3) is 4.81. The number of rotatable bonds is 8. The van der Waals surface area contributed by atoms with Gasteiger partial charge in [-0.15, -0.1) is 0 Å². The average molecular weight is 440 g/mol. The van der Waals surface area contributed by atoms with E-state index < -0.39 is 0 Å². The van der Waals surface area contributed by atoms with Gasteiger partial charge in [0, 0.05) is 73.4 Å². The number of carbonyl (C=O) groups excluding carboxylic acids is 2. The van der Waals surface area contributed by atoms with Gasteiger partial charge in [-0.05, 0) is 55.3 Å². The Kier molecular flexibility index (Phi) is 6.39. The van der Waals surface area contributed by atoms with E-state index in [1.807, 2.05) is 34.8 Å². The van der Waals surface area contributed by atoms with Crippen molar-refractivity contribution in [3.8, 4) is 0 Å². The highest BCUT2D eigenvalue weighted by Gasteiger charge is 2.31. The number of nitrogens with zero attached hydrogens (tertiary/aromatic N) is 3. The van der Waals surface area contributed by atoms with Gasteiger partial charge in [0.25, 0.3) is 5.91 Å². The number of carbonyl (C=O) groups is 2. The van der Waals surface area contributed by atoms with Crippen LogP contribution >= 0.6 is 11.6 Å². The lowest BCUT2D eigenvalue weighted by atomic mass is 9.98. The largest absolute Gasteiger partial charge is 0.385 e. The van der Waals surface area contributed by atoms with E-state index in [0.29, 0.717) is 42.6 Å². The van der Waals surface area contributed by atoms with E-state index in [-0.39, 0.29) is 11.7 Å². The van der Waals surface area contributed by atoms with Gasteiger partial charge in [0.05, 0.1) is 5.52 Å². The molecule has 1 saturated heterocycles. The molecule has 1 aliphatic heterocycles. The van der Waals surface area contributed by atoms with Crippen LogP contribution in [0.5, 0.6) is 0 Å². The summed E-state index contributed by atoms with van der Waals surface area (Å²) < 4.78 is 6.97. The summed E-state index contributed by atoms with van der Waals surface area (Å²) in [5, 5.41) is 6.27. The maximum atomic E-state index is 12.5. The van der Waals surface area contributed by atoms with Crippen molar-refractivity contribution in [1.29, 1.82) is 0 Å². The van der Waals surface area contributed by atoms with E-state index in [0.717, 1.165) is 35.0 Å². The quantitative estimate of drug-likeness (QED) is 0.386. The molecule has 7 heteroatoms. The summed E-state index contributed by atoms with van der Waals surface area (Å²) in [6, 6.07) is 10.9. The molecule has 6 nitrogen and oxygen atoms in total. The highest BCUT2D eigenvalue weighted by atomic mass is 35.5. The molecule has 4 rings (SSSR count). The lowest BCUT2D eigenvalue weighted by Gasteiger charge is -2.39. The third-order valence-electron chi connectivity index (χ3n) is 5.73. The molecular formula is C24H26ClN3O3. The minimum absolute atomic E-state index is 0.0331. The second kappa shape index (κ2) is 9.20. The van der Waals surface area contributed by atoms with Gasteiger partial charge in [0.15, 0.2) is 5.78 Å². The van der Waals surface area contributed by atoms with Crippen LogP contribution in [-0.4, -0.2) is 53.2 Å². The van der Waals surface area contributed by atoms with E-state index in [4.69, 9.17) is 16.3 Å². The van der Waals surface area contributed by atoms with E-state index in [9.17, 15) is 9.59 Å². The number of halogens is 1. The van der Waals surface area contributed by atoms with E-state index in [2.05, 4.69) is 5.10 Å². The molecule has 0 atom stereocenters. The number of ether oxygens (including phenoxy) is 1. The van der Waals surface area contributed by atoms with Crippen LogP contribution < -0.4 is 0 Å². The summed E-state index contributed by atoms with van der Waals surface area (Å²) in [5.41, 5.74) is 3.25. The van der Waals surface area contributed by atoms with Crippen LogP contribution in [0.2, 0.25) is 5.02 Å². The van der Waals surface area contributed by atoms with Crippen LogP contribution in [0.15, 0.2) is 42.6 Å². The molecule has 31 heavy (non-hydrogen) atoms. The number of Topliss-reactive ketones (excluding diaryl/α,β-unsaturated/α-hetero) is 1. The molecule has 0 N–H and O–H groups in total. The van der Waals surface area contributed by atoms with Crippen LogP contribution in [0.1, 0.15) is 39.1 Å². The number of hydrogen-bond acceptors (Lipinski definition) is 4. The molecule has 0 unspecified atom stereocenters. The van der Waals surface area contributed by atoms with Crippen molar-refractivity contribution in [3.05, 3.63) is 64.3 Å². The standard InChI is InChI=1S/C24H26ClN3O3/c1-16-10-22-19(11-21(16)23(29)4-3-9-31-2)15-28(26-22)14-17-12-27(13-17)24(30)18-5-7-20(25)8-6-18/h5-8,10-11,15,17H,3-4,9,12-14H2,1-2H3. The van der Waals surface area contributed by atoms with Gasteiger partial charge in [-0.1, -0.05) is 11.6 Å². The number of likely N-dealkylation sites (tertiary alicyclic amines) is 1. The zero-order valence-corrected chi connectivity index (χ0v) is 18.6. The van der Waals surface area contributed by atoms with Crippen molar-refractivity contribution in [1.82, 2.24) is 14.7 Å². The molecule has 162 valence electrons. The minimum Gasteiger partial charge on any atom is -0.385 e. The van der Waals surface area contributed by atoms with Gasteiger partial charge in [0.2, 0.25) is 0 Å². The zero-order valence-electron chi connectivity index (χ0n) is 17.8. The summed E-state index contributed by atoms with van der Waals surface area (Å²) in [5.74, 6) is 0.534. The number of aromatic nitrogens is 2. The number of methoxy groups -OCH3 is 1. The number of fused-ring (bicyclic) bond motifs is 1. The molecule has 0 radical (unpaired) electrons. The molecule has 3 aromatic rings. The number of benzene rings is 2. The fourth-order valence-electron chi connectivity index (χ4n) is 4.02. The van der Waals surface area contributed by atoms with Gasteiger partial charge in [0.1, 0.15) is 0 Å². The molecule has 0 saturated carbocycles. The lowest BCUT2D eigenvalue weighted by Crippen LogP contribution is -2.51. The van der Waals surface area contributed by atoms with Crippen molar-refractivity contribution >= 4 is 34.2 Å². The van der Waals surface area contributed by atoms with Gasteiger partial charge in [-0.2, -0.15) is 5.10 Å². The van der Waals surface area contributed by atoms with Crippen molar-refractivity contribution in [2.75, 3.05) is 26.8 Å². The smallest absolute Gasteiger partial charge is 0.253 e. The van der Waals surface area contributed by atoms with Crippen LogP contribution in [-0.2, 0) is 11.3 Å². The maximum Gasteiger partial charge on any atom is 0.253 e. The number of hydrogen-bond donors (Lipinski definition) is 0. The Morgan fingerprint density at radius 3 is 2.65 bits per heavy atom. The SMILES string of the molecule is COCCCC(=O)c1cc2cn(CC3CN(C(=O)c4ccc(Cl)cc4)C3)nc2cc1C. The van der Waals surface area contributed by atoms with Gasteiger partial charge in [-0.3, -0.25) is 14.3 Å². The monoisotopic (exact) mass is 439 g/mol. The Hall–Kier alpha value is -2.70. The first-order valence-corrected chi connectivity index (χ1v) is 10.9. The molecule has 2 aromatic carbocycles. The Balaban J connectivity index is 1.38. The average Bonchev–Trinajstić information content (AvgIpc) is 3.11. The first-order valence-electron chi connectivity index (χ1n) is 10.5. The highest BCUT2D eigenvalue weighted by molar-refractivity contribution is 6.30. The molecule has 1 aliphatic rings. The molecule has 1 amide bonds. The summed E-state index contributed by atoms with van der Waals surface area (Å²) in [6.45, 7) is 4.70. The molecule has 0 aliphatic carbocycles. The fourth-order valence-corrected chi connectivity index (χ4v) is 4.15. The van der Waals surface area contributed by atoms with Gasteiger partial charge >= 0.3 is 0 Å². The summed E-state index contributed by atoms with van der Waals surface area (Å²) >= 11 is 5.90. The predicted molar refractivity (Wildman–Crippen MR) is 121 cm³/mol. The molecule has 0 bridgehead atoms. The number of ketones is 1. The Labute approximate surface area is 186 Å². The Morgan fingerprint density at radius 1 is 1.19 bits per heavy atom. The van der Waals surface area contributed by atoms with Gasteiger partial charge in [-0.25, -0.2) is 0 Å². The van der Waals surface area contributed by atoms with E-state index in [1.165, 1.54) is 0 Å². The molecule has 0 spiro atoms. The Morgan fingerprint density at radius 2 is 1.94 bits per heavy atom. The minimum atomic E-state index is 0.0331. The van der Waals surface area contributed by atoms with Crippen molar-refractivity contribution < 1.29 is 14.3 Å². The summed E-state index contributed by atoms with van der Waals surface area (Å²) in [4.78, 5) is 26.9. The molecule has 2 heterocycles. The highest BCUT2D eigenvalue weighted by Crippen LogP contribution is 2.24. The maximum absolute atomic E-state index is 12.5. The zero-order chi connectivity index (χ0) is 22.0. The lowest BCUT2D eigenvalue weighted by molar-refractivity contribution is 0.0462. The van der Waals surface area contributed by atoms with E-state index in [1.54, 1.807) is 31.4 Å². The topological polar surface area (TPSA) is 64.4 Å². The van der Waals surface area contributed by atoms with Crippen molar-refractivity contribution in [3.63, 3.8) is 0 Å². The first kappa shape index (κ1) is 21.5. The predicted octanol–water partition coefficient (Wildman–Crippen LogP) is 4.38. The van der Waals surface area contributed by atoms with Crippen LogP contribution in [0.25, 0.3) is 10.9 Å². The third-order valence-corrected chi connectivity index (χ3v) is 5.98. The van der Waals surface area contributed by atoms with Crippen molar-refractivity contribution in [2.45, 2.75) is 26.3 Å². The first-order chi connectivity index (χ1) is 14.9. The van der Waals surface area contributed by atoms with Crippen LogP contribution in [0.4, 0.5) is 0 Å². The second-order valence-corrected chi connectivity index (χ2v) is 8.62. The normalized spacial score (nSPS) is 14.1. The van der Waals surface area contributed by atoms with Crippen LogP contribution in [0, 0.1) is 12.8 Å². The Bertz CT molecular complexity index is 1100. The number of amides is 1.